The van der Waals surface area contributed by atoms with Crippen LogP contribution in [0.5, 0.6) is 0 Å². The number of halogens is 2. The van der Waals surface area contributed by atoms with Gasteiger partial charge in [-0.15, -0.1) is 0 Å². The van der Waals surface area contributed by atoms with Crippen LogP contribution in [-0.2, 0) is 14.4 Å². The van der Waals surface area contributed by atoms with Crippen molar-refractivity contribution in [3.8, 4) is 0 Å². The summed E-state index contributed by atoms with van der Waals surface area (Å²) in [5.41, 5.74) is 3.10. The summed E-state index contributed by atoms with van der Waals surface area (Å²) in [5.74, 6) is -1.77. The van der Waals surface area contributed by atoms with Gasteiger partial charge < -0.3 is 0 Å². The van der Waals surface area contributed by atoms with Crippen LogP contribution in [0.2, 0.25) is 10.0 Å². The molecule has 2 fully saturated rings. The van der Waals surface area contributed by atoms with E-state index in [9.17, 15) is 0 Å². The van der Waals surface area contributed by atoms with Crippen molar-refractivity contribution in [1.29, 1.82) is 0 Å². The predicted molar refractivity (Wildman–Crippen MR) is 170 cm³/mol. The largest absolute Gasteiger partial charge is 0.273 e. The Kier molecular flexibility index (Phi) is 5.35. The number of imide groups is 1. The van der Waals surface area contributed by atoms with Crippen LogP contribution < -0.4 is 9.96 Å². The lowest BCUT2D eigenvalue weighted by Gasteiger charge is -2.55. The molecule has 0 spiro atoms. The van der Waals surface area contributed by atoms with Gasteiger partial charge in [0.1, 0.15) is 11.5 Å². The Morgan fingerprint density at radius 1 is 0.568 bits per heavy atom. The Morgan fingerprint density at radius 2 is 1.07 bits per heavy atom. The predicted octanol–water partition coefficient (Wildman–Crippen LogP) is 8.08. The third-order valence-corrected chi connectivity index (χ3v) is 10.4. The molecule has 5 aliphatic rings. The van der Waals surface area contributed by atoms with Gasteiger partial charge in [-0.25, -0.2) is 9.96 Å². The first-order valence-electron chi connectivity index (χ1n) is 14.6. The molecule has 5 aromatic carbocycles. The monoisotopic (exact) mass is 614 g/mol. The molecule has 2 bridgehead atoms. The SMILES string of the molecule is O=C1N(c2cc(Cl)cc(Cl)c2)C(=O)C23C4c5ccccc5C(c5ccccc54)C12ON(c1ccccc1)C3c1ccccc1. The molecule has 0 saturated carbocycles. The van der Waals surface area contributed by atoms with E-state index in [1.807, 2.05) is 90.0 Å². The van der Waals surface area contributed by atoms with Crippen molar-refractivity contribution in [2.45, 2.75) is 23.5 Å². The van der Waals surface area contributed by atoms with Crippen LogP contribution in [0.1, 0.15) is 45.7 Å². The van der Waals surface area contributed by atoms with E-state index in [0.717, 1.165) is 33.5 Å². The van der Waals surface area contributed by atoms with Crippen molar-refractivity contribution < 1.29 is 14.4 Å². The Morgan fingerprint density at radius 3 is 1.64 bits per heavy atom. The van der Waals surface area contributed by atoms with Crippen molar-refractivity contribution in [2.75, 3.05) is 9.96 Å². The molecule has 2 amide bonds. The maximum atomic E-state index is 15.7. The van der Waals surface area contributed by atoms with Gasteiger partial charge in [-0.3, -0.25) is 14.4 Å². The summed E-state index contributed by atoms with van der Waals surface area (Å²) in [6.07, 6.45) is 0. The molecule has 2 heterocycles. The average Bonchev–Trinajstić information content (AvgIpc) is 3.48. The first kappa shape index (κ1) is 26.0. The van der Waals surface area contributed by atoms with Gasteiger partial charge in [0.2, 0.25) is 11.5 Å². The van der Waals surface area contributed by atoms with Gasteiger partial charge in [0.05, 0.1) is 17.3 Å². The van der Waals surface area contributed by atoms with Crippen LogP contribution in [0.4, 0.5) is 11.4 Å². The standard InChI is InChI=1S/C37H24Cl2N2O3/c38-23-19-24(39)21-26(20-23)40-34(42)36-31-27-15-7-9-17-29(27)32(30-18-10-8-16-28(30)31)37(36,35(40)43)44-41(25-13-5-2-6-14-25)33(36)22-11-3-1-4-12-22/h1-21,31-33H. The minimum atomic E-state index is -1.59. The molecule has 3 aliphatic carbocycles. The summed E-state index contributed by atoms with van der Waals surface area (Å²) in [6.45, 7) is 0. The van der Waals surface area contributed by atoms with Gasteiger partial charge in [-0.2, -0.15) is 0 Å². The zero-order valence-corrected chi connectivity index (χ0v) is 24.7. The molecule has 5 nitrogen and oxygen atoms in total. The molecule has 2 saturated heterocycles. The van der Waals surface area contributed by atoms with E-state index >= 15 is 9.59 Å². The van der Waals surface area contributed by atoms with Crippen molar-refractivity contribution in [3.05, 3.63) is 165 Å². The smallest absolute Gasteiger partial charge is 0.271 e. The Labute approximate surface area is 264 Å². The summed E-state index contributed by atoms with van der Waals surface area (Å²) in [4.78, 5) is 39.6. The number of hydrogen-bond acceptors (Lipinski definition) is 4. The molecular formula is C37H24Cl2N2O3. The van der Waals surface area contributed by atoms with E-state index in [-0.39, 0.29) is 5.91 Å². The third-order valence-electron chi connectivity index (χ3n) is 9.93. The molecule has 10 rings (SSSR count). The second-order valence-electron chi connectivity index (χ2n) is 11.9. The number of amides is 2. The molecule has 7 heteroatoms. The molecule has 2 aliphatic heterocycles. The molecule has 0 aromatic heterocycles. The van der Waals surface area contributed by atoms with E-state index in [2.05, 4.69) is 24.3 Å². The lowest BCUT2D eigenvalue weighted by Crippen LogP contribution is -2.63. The zero-order chi connectivity index (χ0) is 29.8. The molecular weight excluding hydrogens is 591 g/mol. The fraction of sp³-hybridized carbons (Fsp3) is 0.135. The van der Waals surface area contributed by atoms with Crippen LogP contribution >= 0.6 is 23.2 Å². The second-order valence-corrected chi connectivity index (χ2v) is 12.7. The van der Waals surface area contributed by atoms with E-state index in [1.165, 1.54) is 4.90 Å². The lowest BCUT2D eigenvalue weighted by molar-refractivity contribution is -0.153. The maximum Gasteiger partial charge on any atom is 0.271 e. The van der Waals surface area contributed by atoms with E-state index < -0.39 is 34.8 Å². The van der Waals surface area contributed by atoms with Crippen LogP contribution in [-0.4, -0.2) is 17.4 Å². The number of hydrogen-bond donors (Lipinski definition) is 0. The first-order chi connectivity index (χ1) is 21.5. The number of nitrogens with zero attached hydrogens (tertiary/aromatic N) is 2. The molecule has 0 N–H and O–H groups in total. The van der Waals surface area contributed by atoms with Crippen molar-refractivity contribution in [1.82, 2.24) is 0 Å². The maximum absolute atomic E-state index is 15.7. The highest BCUT2D eigenvalue weighted by atomic mass is 35.5. The molecule has 44 heavy (non-hydrogen) atoms. The number of carbonyl (C=O) groups is 2. The number of benzene rings is 5. The summed E-state index contributed by atoms with van der Waals surface area (Å²) < 4.78 is 0. The first-order valence-corrected chi connectivity index (χ1v) is 15.3. The van der Waals surface area contributed by atoms with Crippen molar-refractivity contribution in [2.24, 2.45) is 5.41 Å². The van der Waals surface area contributed by atoms with Gasteiger partial charge in [-0.1, -0.05) is 120 Å². The summed E-state index contributed by atoms with van der Waals surface area (Å²) in [6, 6.07) is 40.2. The molecule has 5 aromatic rings. The zero-order valence-electron chi connectivity index (χ0n) is 23.2. The molecule has 0 radical (unpaired) electrons. The van der Waals surface area contributed by atoms with Crippen molar-refractivity contribution >= 4 is 46.4 Å². The third kappa shape index (κ3) is 2.99. The summed E-state index contributed by atoms with van der Waals surface area (Å²) >= 11 is 12.9. The van der Waals surface area contributed by atoms with Crippen LogP contribution in [0.15, 0.2) is 127 Å². The Bertz CT molecular complexity index is 1950. The van der Waals surface area contributed by atoms with E-state index in [1.54, 1.807) is 18.2 Å². The van der Waals surface area contributed by atoms with Gasteiger partial charge >= 0.3 is 0 Å². The van der Waals surface area contributed by atoms with Crippen LogP contribution in [0.25, 0.3) is 0 Å². The van der Waals surface area contributed by atoms with Crippen molar-refractivity contribution in [3.63, 3.8) is 0 Å². The van der Waals surface area contributed by atoms with Crippen LogP contribution in [0, 0.1) is 5.41 Å². The molecule has 3 unspecified atom stereocenters. The Balaban J connectivity index is 1.43. The van der Waals surface area contributed by atoms with Gasteiger partial charge in [0.15, 0.2) is 0 Å². The number of anilines is 2. The second kappa shape index (κ2) is 9.05. The minimum Gasteiger partial charge on any atom is -0.273 e. The highest BCUT2D eigenvalue weighted by molar-refractivity contribution is 6.36. The fourth-order valence-electron chi connectivity index (χ4n) is 8.57. The lowest BCUT2D eigenvalue weighted by atomic mass is 9.43. The number of hydroxylamine groups is 1. The number of carbonyl (C=O) groups excluding carboxylic acids is 2. The highest BCUT2D eigenvalue weighted by Crippen LogP contribution is 2.77. The number of rotatable bonds is 3. The topological polar surface area (TPSA) is 49.9 Å². The fourth-order valence-corrected chi connectivity index (χ4v) is 9.08. The quantitative estimate of drug-likeness (QED) is 0.193. The molecule has 3 atom stereocenters. The van der Waals surface area contributed by atoms with Crippen LogP contribution in [0.3, 0.4) is 0 Å². The van der Waals surface area contributed by atoms with E-state index in [0.29, 0.717) is 15.7 Å². The van der Waals surface area contributed by atoms with E-state index in [4.69, 9.17) is 28.0 Å². The summed E-state index contributed by atoms with van der Waals surface area (Å²) in [5, 5.41) is 2.50. The minimum absolute atomic E-state index is 0.327. The Hall–Kier alpha value is -4.42. The molecule has 214 valence electrons. The van der Waals surface area contributed by atoms with Gasteiger partial charge in [0, 0.05) is 16.0 Å². The van der Waals surface area contributed by atoms with Gasteiger partial charge in [0.25, 0.3) is 5.91 Å². The normalized spacial score (nSPS) is 27.6. The average molecular weight is 616 g/mol. The summed E-state index contributed by atoms with van der Waals surface area (Å²) in [7, 11) is 0. The number of para-hydroxylation sites is 1. The highest BCUT2D eigenvalue weighted by Gasteiger charge is 2.87. The van der Waals surface area contributed by atoms with Gasteiger partial charge in [-0.05, 0) is 58.1 Å².